The third-order valence-corrected chi connectivity index (χ3v) is 6.79. The van der Waals surface area contributed by atoms with Gasteiger partial charge in [0.05, 0.1) is 28.2 Å². The Morgan fingerprint density at radius 2 is 1.61 bits per heavy atom. The predicted molar refractivity (Wildman–Crippen MR) is 120 cm³/mol. The van der Waals surface area contributed by atoms with E-state index in [4.69, 9.17) is 5.11 Å². The van der Waals surface area contributed by atoms with E-state index in [9.17, 15) is 13.2 Å². The molecule has 0 fully saturated rings. The molecule has 6 nitrogen and oxygen atoms in total. The third kappa shape index (κ3) is 4.13. The topological polar surface area (TPSA) is 87.6 Å². The zero-order valence-corrected chi connectivity index (χ0v) is 17.6. The van der Waals surface area contributed by atoms with Gasteiger partial charge in [0.2, 0.25) is 0 Å². The van der Waals surface area contributed by atoms with Crippen molar-refractivity contribution in [2.24, 2.45) is 0 Å². The molecule has 0 spiro atoms. The smallest absolute Gasteiger partial charge is 0.335 e. The fraction of sp³-hybridized carbons (Fsp3) is 0.0833. The molecule has 0 amide bonds. The average Bonchev–Trinajstić information content (AvgIpc) is 2.77. The number of pyridine rings is 1. The lowest BCUT2D eigenvalue weighted by molar-refractivity contribution is 0.0697. The standard InChI is InChI=1S/C24H20N2O4S/c1-17-7-13-21(14-8-17)31(29,30)26(16-18-9-11-20(12-10-18)24(27)28)22-6-2-4-19-5-3-15-25-23(19)22/h2-15H,16H2,1H3,(H,27,28). The van der Waals surface area contributed by atoms with Crippen LogP contribution in [0.3, 0.4) is 0 Å². The highest BCUT2D eigenvalue weighted by molar-refractivity contribution is 7.92. The Balaban J connectivity index is 1.86. The molecule has 0 aliphatic heterocycles. The molecule has 0 saturated heterocycles. The van der Waals surface area contributed by atoms with Crippen LogP contribution in [0.25, 0.3) is 10.9 Å². The Morgan fingerprint density at radius 3 is 2.29 bits per heavy atom. The summed E-state index contributed by atoms with van der Waals surface area (Å²) in [5, 5.41) is 9.96. The summed E-state index contributed by atoms with van der Waals surface area (Å²) in [5.74, 6) is -1.03. The highest BCUT2D eigenvalue weighted by atomic mass is 32.2. The summed E-state index contributed by atoms with van der Waals surface area (Å²) in [6.07, 6.45) is 1.63. The van der Waals surface area contributed by atoms with Crippen molar-refractivity contribution in [1.29, 1.82) is 0 Å². The van der Waals surface area contributed by atoms with Crippen molar-refractivity contribution in [2.75, 3.05) is 4.31 Å². The molecule has 1 N–H and O–H groups in total. The minimum absolute atomic E-state index is 0.0335. The van der Waals surface area contributed by atoms with Crippen LogP contribution in [-0.4, -0.2) is 24.5 Å². The third-order valence-electron chi connectivity index (χ3n) is 5.02. The van der Waals surface area contributed by atoms with Gasteiger partial charge in [-0.3, -0.25) is 9.29 Å². The van der Waals surface area contributed by atoms with Crippen molar-refractivity contribution < 1.29 is 18.3 Å². The zero-order valence-electron chi connectivity index (χ0n) is 16.8. The monoisotopic (exact) mass is 432 g/mol. The van der Waals surface area contributed by atoms with E-state index in [-0.39, 0.29) is 17.0 Å². The molecule has 0 aliphatic rings. The number of para-hydroxylation sites is 1. The zero-order chi connectivity index (χ0) is 22.0. The van der Waals surface area contributed by atoms with Crippen molar-refractivity contribution >= 4 is 32.6 Å². The molecule has 7 heteroatoms. The van der Waals surface area contributed by atoms with Crippen molar-refractivity contribution in [3.05, 3.63) is 102 Å². The van der Waals surface area contributed by atoms with Gasteiger partial charge in [0, 0.05) is 11.6 Å². The van der Waals surface area contributed by atoms with E-state index in [1.54, 1.807) is 60.8 Å². The number of carboxylic acid groups (broad SMARTS) is 1. The molecule has 0 atom stereocenters. The first-order chi connectivity index (χ1) is 14.9. The molecule has 4 rings (SSSR count). The molecule has 156 valence electrons. The van der Waals surface area contributed by atoms with E-state index >= 15 is 0 Å². The molecular weight excluding hydrogens is 412 g/mol. The SMILES string of the molecule is Cc1ccc(S(=O)(=O)N(Cc2ccc(C(=O)O)cc2)c2cccc3cccnc23)cc1. The molecular formula is C24H20N2O4S. The van der Waals surface area contributed by atoms with E-state index in [1.165, 1.54) is 16.4 Å². The number of benzene rings is 3. The molecule has 31 heavy (non-hydrogen) atoms. The van der Waals surface area contributed by atoms with Crippen LogP contribution < -0.4 is 4.31 Å². The van der Waals surface area contributed by atoms with Crippen LogP contribution in [-0.2, 0) is 16.6 Å². The first-order valence-electron chi connectivity index (χ1n) is 9.62. The van der Waals surface area contributed by atoms with Gasteiger partial charge >= 0.3 is 5.97 Å². The fourth-order valence-electron chi connectivity index (χ4n) is 3.35. The number of rotatable bonds is 6. The summed E-state index contributed by atoms with van der Waals surface area (Å²) in [5.41, 5.74) is 2.79. The highest BCUT2D eigenvalue weighted by Crippen LogP contribution is 2.31. The maximum atomic E-state index is 13.7. The first kappa shape index (κ1) is 20.6. The number of anilines is 1. The van der Waals surface area contributed by atoms with Gasteiger partial charge in [0.15, 0.2) is 0 Å². The van der Waals surface area contributed by atoms with Crippen LogP contribution in [0.5, 0.6) is 0 Å². The second-order valence-corrected chi connectivity index (χ2v) is 9.04. The van der Waals surface area contributed by atoms with Crippen LogP contribution in [0.15, 0.2) is 90.0 Å². The molecule has 3 aromatic carbocycles. The van der Waals surface area contributed by atoms with Crippen LogP contribution >= 0.6 is 0 Å². The van der Waals surface area contributed by atoms with Crippen LogP contribution in [0.2, 0.25) is 0 Å². The number of aryl methyl sites for hydroxylation is 1. The van der Waals surface area contributed by atoms with Gasteiger partial charge < -0.3 is 5.11 Å². The van der Waals surface area contributed by atoms with Crippen molar-refractivity contribution in [3.8, 4) is 0 Å². The number of nitrogens with zero attached hydrogens (tertiary/aromatic N) is 2. The number of aromatic nitrogens is 1. The van der Waals surface area contributed by atoms with Crippen molar-refractivity contribution in [2.45, 2.75) is 18.4 Å². The lowest BCUT2D eigenvalue weighted by atomic mass is 10.1. The lowest BCUT2D eigenvalue weighted by Gasteiger charge is -2.25. The number of aromatic carboxylic acids is 1. The molecule has 0 aliphatic carbocycles. The number of fused-ring (bicyclic) bond motifs is 1. The molecule has 0 unspecified atom stereocenters. The van der Waals surface area contributed by atoms with Gasteiger partial charge in [0.25, 0.3) is 10.0 Å². The summed E-state index contributed by atoms with van der Waals surface area (Å²) >= 11 is 0. The minimum Gasteiger partial charge on any atom is -0.478 e. The van der Waals surface area contributed by atoms with Crippen LogP contribution in [0.1, 0.15) is 21.5 Å². The van der Waals surface area contributed by atoms with Gasteiger partial charge in [-0.2, -0.15) is 0 Å². The van der Waals surface area contributed by atoms with Gasteiger partial charge in [-0.15, -0.1) is 0 Å². The normalized spacial score (nSPS) is 11.4. The number of hydrogen-bond acceptors (Lipinski definition) is 4. The molecule has 0 saturated carbocycles. The fourth-order valence-corrected chi connectivity index (χ4v) is 4.80. The lowest BCUT2D eigenvalue weighted by Crippen LogP contribution is -2.31. The van der Waals surface area contributed by atoms with E-state index in [2.05, 4.69) is 4.98 Å². The quantitative estimate of drug-likeness (QED) is 0.480. The average molecular weight is 433 g/mol. The number of hydrogen-bond donors (Lipinski definition) is 1. The van der Waals surface area contributed by atoms with Gasteiger partial charge in [-0.05, 0) is 48.9 Å². The predicted octanol–water partition coefficient (Wildman–Crippen LogP) is 4.64. The van der Waals surface area contributed by atoms with E-state index in [0.29, 0.717) is 16.8 Å². The van der Waals surface area contributed by atoms with E-state index in [0.717, 1.165) is 10.9 Å². The molecule has 1 heterocycles. The number of sulfonamides is 1. The summed E-state index contributed by atoms with van der Waals surface area (Å²) in [7, 11) is -3.91. The molecule has 0 radical (unpaired) electrons. The second kappa shape index (κ2) is 8.20. The number of carboxylic acids is 1. The summed E-state index contributed by atoms with van der Waals surface area (Å²) < 4.78 is 28.7. The summed E-state index contributed by atoms with van der Waals surface area (Å²) in [6.45, 7) is 1.93. The van der Waals surface area contributed by atoms with Crippen LogP contribution in [0.4, 0.5) is 5.69 Å². The molecule has 1 aromatic heterocycles. The van der Waals surface area contributed by atoms with Crippen LogP contribution in [0, 0.1) is 6.92 Å². The van der Waals surface area contributed by atoms with E-state index in [1.807, 2.05) is 19.1 Å². The Kier molecular flexibility index (Phi) is 5.44. The van der Waals surface area contributed by atoms with Crippen molar-refractivity contribution in [1.82, 2.24) is 4.98 Å². The van der Waals surface area contributed by atoms with Gasteiger partial charge in [0.1, 0.15) is 0 Å². The van der Waals surface area contributed by atoms with Crippen molar-refractivity contribution in [3.63, 3.8) is 0 Å². The largest absolute Gasteiger partial charge is 0.478 e. The summed E-state index contributed by atoms with van der Waals surface area (Å²) in [6, 6.07) is 22.0. The first-order valence-corrected chi connectivity index (χ1v) is 11.1. The highest BCUT2D eigenvalue weighted by Gasteiger charge is 2.27. The Hall–Kier alpha value is -3.71. The maximum absolute atomic E-state index is 13.7. The molecule has 0 bridgehead atoms. The van der Waals surface area contributed by atoms with Gasteiger partial charge in [-0.25, -0.2) is 13.2 Å². The van der Waals surface area contributed by atoms with E-state index < -0.39 is 16.0 Å². The Labute approximate surface area is 180 Å². The Morgan fingerprint density at radius 1 is 0.935 bits per heavy atom. The molecule has 4 aromatic rings. The summed E-state index contributed by atoms with van der Waals surface area (Å²) in [4.78, 5) is 15.8. The maximum Gasteiger partial charge on any atom is 0.335 e. The Bertz CT molecular complexity index is 1340. The van der Waals surface area contributed by atoms with Gasteiger partial charge in [-0.1, -0.05) is 48.0 Å². The second-order valence-electron chi connectivity index (χ2n) is 7.18. The number of carbonyl (C=O) groups is 1. The minimum atomic E-state index is -3.91.